The summed E-state index contributed by atoms with van der Waals surface area (Å²) in [6, 6.07) is 0. The maximum atomic E-state index is 11.2. The zero-order valence-electron chi connectivity index (χ0n) is 11.1. The van der Waals surface area contributed by atoms with Crippen molar-refractivity contribution in [2.45, 2.75) is 57.7 Å². The summed E-state index contributed by atoms with van der Waals surface area (Å²) >= 11 is 0. The van der Waals surface area contributed by atoms with E-state index >= 15 is 0 Å². The van der Waals surface area contributed by atoms with E-state index in [-0.39, 0.29) is 24.0 Å². The number of aliphatic hydroxyl groups excluding tert-OH is 2. The number of unbranched alkanes of at least 4 members (excludes halogenated alkanes) is 1. The Bertz CT molecular complexity index is 278. The second kappa shape index (κ2) is 8.27. The number of hydrogen-bond donors (Lipinski definition) is 3. The molecule has 0 aromatic carbocycles. The fraction of sp³-hybridized carbons (Fsp3) is 0.786. The van der Waals surface area contributed by atoms with Crippen LogP contribution in [0, 0.1) is 5.92 Å². The molecule has 4 heteroatoms. The van der Waals surface area contributed by atoms with E-state index in [4.69, 9.17) is 0 Å². The number of hydrogen-bond acceptors (Lipinski definition) is 3. The summed E-state index contributed by atoms with van der Waals surface area (Å²) in [5, 5.41) is 21.8. The minimum Gasteiger partial charge on any atom is -0.393 e. The number of nitrogens with one attached hydrogen (secondary N) is 1. The number of rotatable bonds is 7. The molecule has 1 aliphatic rings. The van der Waals surface area contributed by atoms with Crippen molar-refractivity contribution < 1.29 is 15.0 Å². The van der Waals surface area contributed by atoms with Crippen LogP contribution < -0.4 is 5.32 Å². The second-order valence-electron chi connectivity index (χ2n) is 5.01. The number of allylic oxidation sites excluding steroid dienone is 2. The molecule has 0 aromatic heterocycles. The minimum atomic E-state index is -0.361. The van der Waals surface area contributed by atoms with Crippen molar-refractivity contribution in [1.82, 2.24) is 5.32 Å². The Kier molecular flexibility index (Phi) is 6.98. The maximum Gasteiger partial charge on any atom is 0.219 e. The minimum absolute atomic E-state index is 0.111. The third-order valence-corrected chi connectivity index (χ3v) is 3.39. The molecule has 3 atom stereocenters. The summed E-state index contributed by atoms with van der Waals surface area (Å²) in [7, 11) is 0. The SMILES string of the molecule is CCNC(=O)CCC/C=C\CC1CC(O)CC1O. The highest BCUT2D eigenvalue weighted by Gasteiger charge is 2.30. The Morgan fingerprint density at radius 2 is 2.11 bits per heavy atom. The van der Waals surface area contributed by atoms with Crippen molar-refractivity contribution in [2.24, 2.45) is 5.92 Å². The van der Waals surface area contributed by atoms with E-state index in [2.05, 4.69) is 17.5 Å². The van der Waals surface area contributed by atoms with E-state index in [1.54, 1.807) is 0 Å². The Morgan fingerprint density at radius 3 is 2.72 bits per heavy atom. The van der Waals surface area contributed by atoms with Crippen LogP contribution in [-0.4, -0.2) is 34.9 Å². The van der Waals surface area contributed by atoms with E-state index in [9.17, 15) is 15.0 Å². The van der Waals surface area contributed by atoms with Gasteiger partial charge in [-0.05, 0) is 44.9 Å². The smallest absolute Gasteiger partial charge is 0.219 e. The molecule has 3 unspecified atom stereocenters. The lowest BCUT2D eigenvalue weighted by Gasteiger charge is -2.10. The average Bonchev–Trinajstić information content (AvgIpc) is 2.62. The molecule has 0 bridgehead atoms. The summed E-state index contributed by atoms with van der Waals surface area (Å²) in [6.07, 6.45) is 7.78. The van der Waals surface area contributed by atoms with Gasteiger partial charge in [0.15, 0.2) is 0 Å². The van der Waals surface area contributed by atoms with Crippen LogP contribution in [-0.2, 0) is 4.79 Å². The molecule has 0 saturated heterocycles. The van der Waals surface area contributed by atoms with Crippen LogP contribution in [0.1, 0.15) is 45.4 Å². The lowest BCUT2D eigenvalue weighted by Crippen LogP contribution is -2.21. The van der Waals surface area contributed by atoms with Crippen molar-refractivity contribution in [1.29, 1.82) is 0 Å². The van der Waals surface area contributed by atoms with E-state index in [0.717, 1.165) is 19.3 Å². The first-order valence-corrected chi connectivity index (χ1v) is 6.91. The number of carbonyl (C=O) groups excluding carboxylic acids is 1. The first kappa shape index (κ1) is 15.2. The summed E-state index contributed by atoms with van der Waals surface area (Å²) < 4.78 is 0. The number of carbonyl (C=O) groups is 1. The second-order valence-corrected chi connectivity index (χ2v) is 5.01. The Morgan fingerprint density at radius 1 is 1.33 bits per heavy atom. The van der Waals surface area contributed by atoms with Crippen LogP contribution in [0.3, 0.4) is 0 Å². The van der Waals surface area contributed by atoms with Crippen LogP contribution in [0.15, 0.2) is 12.2 Å². The van der Waals surface area contributed by atoms with Crippen LogP contribution in [0.2, 0.25) is 0 Å². The highest BCUT2D eigenvalue weighted by atomic mass is 16.3. The molecular weight excluding hydrogens is 230 g/mol. The molecule has 1 fully saturated rings. The topological polar surface area (TPSA) is 69.6 Å². The molecule has 1 saturated carbocycles. The molecule has 1 amide bonds. The Balaban J connectivity index is 2.05. The average molecular weight is 255 g/mol. The van der Waals surface area contributed by atoms with Gasteiger partial charge in [-0.2, -0.15) is 0 Å². The van der Waals surface area contributed by atoms with Gasteiger partial charge < -0.3 is 15.5 Å². The maximum absolute atomic E-state index is 11.2. The molecule has 0 aromatic rings. The van der Waals surface area contributed by atoms with Crippen molar-refractivity contribution in [3.63, 3.8) is 0 Å². The van der Waals surface area contributed by atoms with Gasteiger partial charge in [0, 0.05) is 13.0 Å². The predicted octanol–water partition coefficient (Wildman–Crippen LogP) is 1.37. The first-order chi connectivity index (χ1) is 8.63. The normalized spacial score (nSPS) is 27.8. The van der Waals surface area contributed by atoms with Crippen molar-refractivity contribution in [3.8, 4) is 0 Å². The fourth-order valence-electron chi connectivity index (χ4n) is 2.38. The van der Waals surface area contributed by atoms with Gasteiger partial charge in [-0.25, -0.2) is 0 Å². The molecule has 1 rings (SSSR count). The Labute approximate surface area is 109 Å². The van der Waals surface area contributed by atoms with Crippen molar-refractivity contribution in [2.75, 3.05) is 6.54 Å². The van der Waals surface area contributed by atoms with Gasteiger partial charge in [0.2, 0.25) is 5.91 Å². The van der Waals surface area contributed by atoms with Gasteiger partial charge in [0.1, 0.15) is 0 Å². The monoisotopic (exact) mass is 255 g/mol. The van der Waals surface area contributed by atoms with E-state index in [0.29, 0.717) is 25.8 Å². The summed E-state index contributed by atoms with van der Waals surface area (Å²) in [4.78, 5) is 11.2. The lowest BCUT2D eigenvalue weighted by molar-refractivity contribution is -0.121. The quantitative estimate of drug-likeness (QED) is 0.475. The van der Waals surface area contributed by atoms with Gasteiger partial charge in [0.05, 0.1) is 12.2 Å². The molecule has 3 N–H and O–H groups in total. The van der Waals surface area contributed by atoms with Crippen LogP contribution >= 0.6 is 0 Å². The molecule has 0 heterocycles. The van der Waals surface area contributed by atoms with Crippen molar-refractivity contribution in [3.05, 3.63) is 12.2 Å². The zero-order chi connectivity index (χ0) is 13.4. The van der Waals surface area contributed by atoms with Gasteiger partial charge in [-0.3, -0.25) is 4.79 Å². The van der Waals surface area contributed by atoms with E-state index < -0.39 is 0 Å². The third kappa shape index (κ3) is 5.65. The molecule has 18 heavy (non-hydrogen) atoms. The Hall–Kier alpha value is -0.870. The molecule has 1 aliphatic carbocycles. The fourth-order valence-corrected chi connectivity index (χ4v) is 2.38. The summed E-state index contributed by atoms with van der Waals surface area (Å²) in [5.74, 6) is 0.305. The van der Waals surface area contributed by atoms with Crippen LogP contribution in [0.5, 0.6) is 0 Å². The molecule has 4 nitrogen and oxygen atoms in total. The molecule has 0 spiro atoms. The van der Waals surface area contributed by atoms with Crippen molar-refractivity contribution >= 4 is 5.91 Å². The van der Waals surface area contributed by atoms with Crippen LogP contribution in [0.4, 0.5) is 0 Å². The van der Waals surface area contributed by atoms with E-state index in [1.165, 1.54) is 0 Å². The van der Waals surface area contributed by atoms with Gasteiger partial charge in [0.25, 0.3) is 0 Å². The van der Waals surface area contributed by atoms with Gasteiger partial charge in [-0.1, -0.05) is 12.2 Å². The summed E-state index contributed by atoms with van der Waals surface area (Å²) in [6.45, 7) is 2.61. The van der Waals surface area contributed by atoms with Gasteiger partial charge >= 0.3 is 0 Å². The highest BCUT2D eigenvalue weighted by molar-refractivity contribution is 5.75. The predicted molar refractivity (Wildman–Crippen MR) is 71.0 cm³/mol. The molecular formula is C14H25NO3. The number of amides is 1. The molecule has 104 valence electrons. The third-order valence-electron chi connectivity index (χ3n) is 3.39. The first-order valence-electron chi connectivity index (χ1n) is 6.91. The highest BCUT2D eigenvalue weighted by Crippen LogP contribution is 2.28. The largest absolute Gasteiger partial charge is 0.393 e. The van der Waals surface area contributed by atoms with Crippen LogP contribution in [0.25, 0.3) is 0 Å². The number of aliphatic hydroxyl groups is 2. The standard InChI is InChI=1S/C14H25NO3/c1-2-15-14(18)8-6-4-3-5-7-11-9-12(16)10-13(11)17/h3,5,11-13,16-17H,2,4,6-10H2,1H3,(H,15,18)/b5-3-. The summed E-state index contributed by atoms with van der Waals surface area (Å²) in [5.41, 5.74) is 0. The molecule has 0 aliphatic heterocycles. The van der Waals surface area contributed by atoms with Gasteiger partial charge in [-0.15, -0.1) is 0 Å². The molecule has 0 radical (unpaired) electrons. The van der Waals surface area contributed by atoms with E-state index in [1.807, 2.05) is 6.92 Å². The lowest BCUT2D eigenvalue weighted by atomic mass is 10.0. The zero-order valence-corrected chi connectivity index (χ0v) is 11.1.